The van der Waals surface area contributed by atoms with E-state index in [2.05, 4.69) is 0 Å². The van der Waals surface area contributed by atoms with Crippen molar-refractivity contribution in [2.24, 2.45) is 0 Å². The van der Waals surface area contributed by atoms with E-state index < -0.39 is 18.0 Å². The average Bonchev–Trinajstić information content (AvgIpc) is 2.26. The van der Waals surface area contributed by atoms with Crippen molar-refractivity contribution < 1.29 is 28.2 Å². The van der Waals surface area contributed by atoms with E-state index in [0.717, 1.165) is 6.92 Å². The molecule has 0 aliphatic carbocycles. The highest BCUT2D eigenvalue weighted by atomic mass is 19.3. The lowest BCUT2D eigenvalue weighted by Gasteiger charge is -2.30. The van der Waals surface area contributed by atoms with Crippen LogP contribution in [0.2, 0.25) is 0 Å². The Morgan fingerprint density at radius 2 is 2.18 bits per heavy atom. The molecule has 1 aliphatic heterocycles. The van der Waals surface area contributed by atoms with Crippen LogP contribution in [0.4, 0.5) is 8.78 Å². The van der Waals surface area contributed by atoms with E-state index in [1.54, 1.807) is 0 Å². The van der Waals surface area contributed by atoms with Gasteiger partial charge in [0, 0.05) is 6.92 Å². The molecule has 0 amide bonds. The summed E-state index contributed by atoms with van der Waals surface area (Å²) in [5, 5.41) is 8.77. The van der Waals surface area contributed by atoms with Crippen LogP contribution in [0.1, 0.15) is 17.3 Å². The van der Waals surface area contributed by atoms with E-state index in [0.29, 0.717) is 0 Å². The van der Waals surface area contributed by atoms with Gasteiger partial charge in [0.15, 0.2) is 17.6 Å². The first-order valence-electron chi connectivity index (χ1n) is 4.92. The first kappa shape index (κ1) is 11.6. The first-order valence-corrected chi connectivity index (χ1v) is 4.92. The van der Waals surface area contributed by atoms with Crippen LogP contribution >= 0.6 is 0 Å². The molecule has 1 aromatic carbocycles. The molecule has 0 saturated heterocycles. The predicted molar refractivity (Wildman–Crippen MR) is 53.9 cm³/mol. The molecule has 0 radical (unpaired) electrons. The second-order valence-corrected chi connectivity index (χ2v) is 3.84. The topological polar surface area (TPSA) is 55.8 Å². The van der Waals surface area contributed by atoms with Crippen LogP contribution in [-0.4, -0.2) is 29.7 Å². The third-order valence-electron chi connectivity index (χ3n) is 2.42. The SMILES string of the molecule is CC(F)(F)C1COc2ccc(C(=O)O)cc2O1. The summed E-state index contributed by atoms with van der Waals surface area (Å²) in [4.78, 5) is 10.7. The molecular weight excluding hydrogens is 234 g/mol. The van der Waals surface area contributed by atoms with E-state index in [9.17, 15) is 13.6 Å². The van der Waals surface area contributed by atoms with Crippen molar-refractivity contribution in [2.45, 2.75) is 19.0 Å². The highest BCUT2D eigenvalue weighted by molar-refractivity contribution is 5.88. The van der Waals surface area contributed by atoms with Crippen molar-refractivity contribution in [3.63, 3.8) is 0 Å². The van der Waals surface area contributed by atoms with Gasteiger partial charge in [-0.3, -0.25) is 0 Å². The largest absolute Gasteiger partial charge is 0.486 e. The summed E-state index contributed by atoms with van der Waals surface area (Å²) in [7, 11) is 0. The molecule has 1 aromatic rings. The van der Waals surface area contributed by atoms with Gasteiger partial charge in [-0.05, 0) is 18.2 Å². The molecule has 1 aliphatic rings. The summed E-state index contributed by atoms with van der Waals surface area (Å²) in [5.41, 5.74) is -0.0348. The molecule has 0 bridgehead atoms. The van der Waals surface area contributed by atoms with E-state index in [1.165, 1.54) is 18.2 Å². The van der Waals surface area contributed by atoms with Crippen LogP contribution in [0, 0.1) is 0 Å². The molecule has 1 atom stereocenters. The predicted octanol–water partition coefficient (Wildman–Crippen LogP) is 2.18. The Morgan fingerprint density at radius 1 is 1.47 bits per heavy atom. The van der Waals surface area contributed by atoms with Crippen molar-refractivity contribution in [3.05, 3.63) is 23.8 Å². The van der Waals surface area contributed by atoms with Gasteiger partial charge in [-0.25, -0.2) is 13.6 Å². The fourth-order valence-electron chi connectivity index (χ4n) is 1.45. The summed E-state index contributed by atoms with van der Waals surface area (Å²) in [5.74, 6) is -3.89. The minimum absolute atomic E-state index is 0.0303. The Bertz CT molecular complexity index is 453. The van der Waals surface area contributed by atoms with E-state index in [4.69, 9.17) is 14.6 Å². The van der Waals surface area contributed by atoms with Crippen LogP contribution in [-0.2, 0) is 0 Å². The van der Waals surface area contributed by atoms with Crippen LogP contribution in [0.15, 0.2) is 18.2 Å². The Kier molecular flexibility index (Phi) is 2.65. The summed E-state index contributed by atoms with van der Waals surface area (Å²) in [6, 6.07) is 3.90. The fraction of sp³-hybridized carbons (Fsp3) is 0.364. The molecule has 0 fully saturated rings. The number of carboxylic acid groups (broad SMARTS) is 1. The van der Waals surface area contributed by atoms with Crippen molar-refractivity contribution in [1.82, 2.24) is 0 Å². The normalized spacial score (nSPS) is 18.9. The molecule has 2 rings (SSSR count). The smallest absolute Gasteiger partial charge is 0.335 e. The van der Waals surface area contributed by atoms with Gasteiger partial charge < -0.3 is 14.6 Å². The summed E-state index contributed by atoms with van der Waals surface area (Å²) < 4.78 is 36.2. The number of hydrogen-bond donors (Lipinski definition) is 1. The second kappa shape index (κ2) is 3.87. The number of aromatic carboxylic acids is 1. The third-order valence-corrected chi connectivity index (χ3v) is 2.42. The Balaban J connectivity index is 2.30. The molecular formula is C11H10F2O4. The molecule has 0 aromatic heterocycles. The minimum atomic E-state index is -3.04. The second-order valence-electron chi connectivity index (χ2n) is 3.84. The van der Waals surface area contributed by atoms with E-state index in [-0.39, 0.29) is 23.7 Å². The standard InChI is InChI=1S/C11H10F2O4/c1-11(12,13)9-5-16-7-3-2-6(10(14)15)4-8(7)17-9/h2-4,9H,5H2,1H3,(H,14,15). The zero-order valence-electron chi connectivity index (χ0n) is 8.94. The molecule has 1 N–H and O–H groups in total. The number of benzene rings is 1. The summed E-state index contributed by atoms with van der Waals surface area (Å²) >= 11 is 0. The van der Waals surface area contributed by atoms with Gasteiger partial charge in [-0.2, -0.15) is 0 Å². The molecule has 4 nitrogen and oxygen atoms in total. The van der Waals surface area contributed by atoms with Crippen LogP contribution in [0.25, 0.3) is 0 Å². The maximum atomic E-state index is 13.0. The number of carboxylic acids is 1. The minimum Gasteiger partial charge on any atom is -0.486 e. The lowest BCUT2D eigenvalue weighted by atomic mass is 10.1. The molecule has 92 valence electrons. The third kappa shape index (κ3) is 2.30. The van der Waals surface area contributed by atoms with Gasteiger partial charge in [0.05, 0.1) is 5.56 Å². The molecule has 6 heteroatoms. The zero-order valence-corrected chi connectivity index (χ0v) is 8.94. The summed E-state index contributed by atoms with van der Waals surface area (Å²) in [6.07, 6.45) is -1.40. The van der Waals surface area contributed by atoms with Gasteiger partial charge >= 0.3 is 5.97 Å². The number of carbonyl (C=O) groups is 1. The van der Waals surface area contributed by atoms with Crippen molar-refractivity contribution >= 4 is 5.97 Å². The number of ether oxygens (including phenoxy) is 2. The molecule has 1 heterocycles. The maximum absolute atomic E-state index is 13.0. The number of halogens is 2. The van der Waals surface area contributed by atoms with Crippen molar-refractivity contribution in [3.8, 4) is 11.5 Å². The van der Waals surface area contributed by atoms with Crippen LogP contribution in [0.3, 0.4) is 0 Å². The fourth-order valence-corrected chi connectivity index (χ4v) is 1.45. The van der Waals surface area contributed by atoms with E-state index >= 15 is 0 Å². The average molecular weight is 244 g/mol. The molecule has 0 saturated carbocycles. The Morgan fingerprint density at radius 3 is 2.76 bits per heavy atom. The van der Waals surface area contributed by atoms with Gasteiger partial charge in [0.1, 0.15) is 6.61 Å². The quantitative estimate of drug-likeness (QED) is 0.866. The number of hydrogen-bond acceptors (Lipinski definition) is 3. The molecule has 17 heavy (non-hydrogen) atoms. The van der Waals surface area contributed by atoms with Gasteiger partial charge in [0.2, 0.25) is 0 Å². The zero-order chi connectivity index (χ0) is 12.6. The number of fused-ring (bicyclic) bond motifs is 1. The van der Waals surface area contributed by atoms with Crippen LogP contribution < -0.4 is 9.47 Å². The monoisotopic (exact) mass is 244 g/mol. The summed E-state index contributed by atoms with van der Waals surface area (Å²) in [6.45, 7) is 0.468. The van der Waals surface area contributed by atoms with E-state index in [1.807, 2.05) is 0 Å². The maximum Gasteiger partial charge on any atom is 0.335 e. The Labute approximate surface area is 95.8 Å². The van der Waals surface area contributed by atoms with Crippen molar-refractivity contribution in [1.29, 1.82) is 0 Å². The number of rotatable bonds is 2. The van der Waals surface area contributed by atoms with Gasteiger partial charge in [-0.15, -0.1) is 0 Å². The first-order chi connectivity index (χ1) is 7.88. The van der Waals surface area contributed by atoms with Gasteiger partial charge in [0.25, 0.3) is 5.92 Å². The highest BCUT2D eigenvalue weighted by Gasteiger charge is 2.39. The van der Waals surface area contributed by atoms with Crippen molar-refractivity contribution in [2.75, 3.05) is 6.61 Å². The molecule has 0 spiro atoms. The molecule has 1 unspecified atom stereocenters. The lowest BCUT2D eigenvalue weighted by Crippen LogP contribution is -2.42. The van der Waals surface area contributed by atoms with Gasteiger partial charge in [-0.1, -0.05) is 0 Å². The van der Waals surface area contributed by atoms with Crippen LogP contribution in [0.5, 0.6) is 11.5 Å². The Hall–Kier alpha value is -1.85. The highest BCUT2D eigenvalue weighted by Crippen LogP contribution is 2.36. The number of alkyl halides is 2. The lowest BCUT2D eigenvalue weighted by molar-refractivity contribution is -0.105.